The molecule has 2 rings (SSSR count). The zero-order valence-corrected chi connectivity index (χ0v) is 11.6. The molecule has 0 radical (unpaired) electrons. The van der Waals surface area contributed by atoms with Crippen LogP contribution in [0.15, 0.2) is 18.2 Å². The average molecular weight is 267 g/mol. The first-order chi connectivity index (χ1) is 9.20. The van der Waals surface area contributed by atoms with Crippen LogP contribution >= 0.6 is 0 Å². The molecule has 1 unspecified atom stereocenters. The van der Waals surface area contributed by atoms with Gasteiger partial charge in [0.1, 0.15) is 11.6 Å². The summed E-state index contributed by atoms with van der Waals surface area (Å²) in [6, 6.07) is 4.65. The Morgan fingerprint density at radius 2 is 2.21 bits per heavy atom. The van der Waals surface area contributed by atoms with E-state index in [1.807, 2.05) is 13.8 Å². The second-order valence-electron chi connectivity index (χ2n) is 5.04. The molecule has 0 spiro atoms. The molecule has 0 aromatic heterocycles. The first-order valence-corrected chi connectivity index (χ1v) is 6.94. The summed E-state index contributed by atoms with van der Waals surface area (Å²) in [4.78, 5) is 0. The summed E-state index contributed by atoms with van der Waals surface area (Å²) >= 11 is 0. The van der Waals surface area contributed by atoms with Crippen molar-refractivity contribution < 1.29 is 13.9 Å². The van der Waals surface area contributed by atoms with Crippen LogP contribution in [0.5, 0.6) is 5.75 Å². The fourth-order valence-corrected chi connectivity index (χ4v) is 2.01. The first-order valence-electron chi connectivity index (χ1n) is 6.94. The Bertz CT molecular complexity index is 407. The normalized spacial score (nSPS) is 16.4. The molecule has 1 saturated carbocycles. The zero-order chi connectivity index (χ0) is 13.7. The number of halogens is 1. The molecule has 0 aliphatic heterocycles. The zero-order valence-electron chi connectivity index (χ0n) is 11.6. The van der Waals surface area contributed by atoms with Gasteiger partial charge in [0.2, 0.25) is 0 Å². The second kappa shape index (κ2) is 6.87. The number of nitrogens with one attached hydrogen (secondary N) is 1. The molecule has 1 fully saturated rings. The molecule has 0 bridgehead atoms. The Labute approximate surface area is 114 Å². The van der Waals surface area contributed by atoms with E-state index in [1.54, 1.807) is 6.07 Å². The number of hydrogen-bond acceptors (Lipinski definition) is 3. The van der Waals surface area contributed by atoms with Crippen molar-refractivity contribution >= 4 is 0 Å². The van der Waals surface area contributed by atoms with Crippen LogP contribution in [0.2, 0.25) is 0 Å². The van der Waals surface area contributed by atoms with Gasteiger partial charge in [-0.25, -0.2) is 4.39 Å². The summed E-state index contributed by atoms with van der Waals surface area (Å²) in [5.41, 5.74) is 0.830. The van der Waals surface area contributed by atoms with Crippen LogP contribution in [0.4, 0.5) is 4.39 Å². The van der Waals surface area contributed by atoms with Crippen molar-refractivity contribution in [3.63, 3.8) is 0 Å². The maximum absolute atomic E-state index is 13.3. The number of benzene rings is 1. The lowest BCUT2D eigenvalue weighted by atomic mass is 10.1. The highest BCUT2D eigenvalue weighted by Crippen LogP contribution is 2.29. The average Bonchev–Trinajstić information content (AvgIpc) is 3.20. The van der Waals surface area contributed by atoms with E-state index in [0.717, 1.165) is 24.6 Å². The number of ether oxygens (including phenoxy) is 2. The van der Waals surface area contributed by atoms with Gasteiger partial charge in [-0.3, -0.25) is 0 Å². The fourth-order valence-electron chi connectivity index (χ4n) is 2.01. The fraction of sp³-hybridized carbons (Fsp3) is 0.600. The van der Waals surface area contributed by atoms with Crippen molar-refractivity contribution in [3.05, 3.63) is 29.6 Å². The van der Waals surface area contributed by atoms with Crippen LogP contribution in [0.25, 0.3) is 0 Å². The summed E-state index contributed by atoms with van der Waals surface area (Å²) in [6.45, 7) is 5.84. The lowest BCUT2D eigenvalue weighted by Gasteiger charge is -2.17. The molecule has 1 N–H and O–H groups in total. The van der Waals surface area contributed by atoms with E-state index >= 15 is 0 Å². The minimum atomic E-state index is -0.244. The number of hydrogen-bond donors (Lipinski definition) is 1. The second-order valence-corrected chi connectivity index (χ2v) is 5.04. The summed E-state index contributed by atoms with van der Waals surface area (Å²) in [7, 11) is 0. The molecule has 1 aromatic carbocycles. The van der Waals surface area contributed by atoms with E-state index in [1.165, 1.54) is 25.0 Å². The molecular formula is C15H22FNO2. The predicted molar refractivity (Wildman–Crippen MR) is 72.7 cm³/mol. The Kier molecular flexibility index (Phi) is 5.16. The minimum Gasteiger partial charge on any atom is -0.467 e. The van der Waals surface area contributed by atoms with Gasteiger partial charge in [-0.2, -0.15) is 0 Å². The molecule has 0 heterocycles. The Morgan fingerprint density at radius 3 is 2.89 bits per heavy atom. The van der Waals surface area contributed by atoms with E-state index in [2.05, 4.69) is 5.32 Å². The smallest absolute Gasteiger partial charge is 0.189 e. The van der Waals surface area contributed by atoms with E-state index < -0.39 is 0 Å². The standard InChI is InChI=1S/C15H22FNO2/c1-3-17-11(2)14-8-13(16)6-7-15(14)19-10-18-9-12-4-5-12/h6-8,11-12,17H,3-5,9-10H2,1-2H3. The third-order valence-corrected chi connectivity index (χ3v) is 3.30. The molecular weight excluding hydrogens is 245 g/mol. The van der Waals surface area contributed by atoms with Crippen LogP contribution in [-0.4, -0.2) is 19.9 Å². The van der Waals surface area contributed by atoms with Crippen molar-refractivity contribution in [2.75, 3.05) is 19.9 Å². The SMILES string of the molecule is CCNC(C)c1cc(F)ccc1OCOCC1CC1. The molecule has 1 aromatic rings. The molecule has 106 valence electrons. The van der Waals surface area contributed by atoms with Gasteiger partial charge in [-0.15, -0.1) is 0 Å². The topological polar surface area (TPSA) is 30.5 Å². The largest absolute Gasteiger partial charge is 0.467 e. The third kappa shape index (κ3) is 4.48. The molecule has 1 aliphatic rings. The maximum atomic E-state index is 13.3. The Hall–Kier alpha value is -1.13. The molecule has 1 atom stereocenters. The van der Waals surface area contributed by atoms with Gasteiger partial charge in [-0.05, 0) is 50.4 Å². The van der Waals surface area contributed by atoms with E-state index in [4.69, 9.17) is 9.47 Å². The first kappa shape index (κ1) is 14.3. The lowest BCUT2D eigenvalue weighted by Crippen LogP contribution is -2.19. The van der Waals surface area contributed by atoms with Gasteiger partial charge in [-0.1, -0.05) is 6.92 Å². The quantitative estimate of drug-likeness (QED) is 0.579. The van der Waals surface area contributed by atoms with Crippen molar-refractivity contribution in [1.29, 1.82) is 0 Å². The molecule has 0 saturated heterocycles. The Balaban J connectivity index is 1.92. The third-order valence-electron chi connectivity index (χ3n) is 3.30. The summed E-state index contributed by atoms with van der Waals surface area (Å²) < 4.78 is 24.4. The van der Waals surface area contributed by atoms with Crippen molar-refractivity contribution in [1.82, 2.24) is 5.32 Å². The van der Waals surface area contributed by atoms with Crippen LogP contribution in [0, 0.1) is 11.7 Å². The van der Waals surface area contributed by atoms with Gasteiger partial charge in [0.25, 0.3) is 0 Å². The molecule has 1 aliphatic carbocycles. The predicted octanol–water partition coefficient (Wildman–Crippen LogP) is 3.26. The number of rotatable bonds is 8. The summed E-state index contributed by atoms with van der Waals surface area (Å²) in [5.74, 6) is 1.16. The molecule has 4 heteroatoms. The van der Waals surface area contributed by atoms with Crippen molar-refractivity contribution in [3.8, 4) is 5.75 Å². The van der Waals surface area contributed by atoms with Crippen LogP contribution in [0.1, 0.15) is 38.3 Å². The van der Waals surface area contributed by atoms with Crippen molar-refractivity contribution in [2.45, 2.75) is 32.7 Å². The maximum Gasteiger partial charge on any atom is 0.189 e. The van der Waals surface area contributed by atoms with Crippen LogP contribution < -0.4 is 10.1 Å². The highest BCUT2D eigenvalue weighted by molar-refractivity contribution is 5.36. The van der Waals surface area contributed by atoms with Gasteiger partial charge in [0, 0.05) is 11.6 Å². The van der Waals surface area contributed by atoms with Crippen LogP contribution in [-0.2, 0) is 4.74 Å². The van der Waals surface area contributed by atoms with E-state index in [9.17, 15) is 4.39 Å². The molecule has 3 nitrogen and oxygen atoms in total. The Morgan fingerprint density at radius 1 is 1.42 bits per heavy atom. The summed E-state index contributed by atoms with van der Waals surface area (Å²) in [5, 5.41) is 3.26. The molecule has 19 heavy (non-hydrogen) atoms. The molecule has 0 amide bonds. The van der Waals surface area contributed by atoms with Crippen LogP contribution in [0.3, 0.4) is 0 Å². The van der Waals surface area contributed by atoms with Crippen molar-refractivity contribution in [2.24, 2.45) is 5.92 Å². The van der Waals surface area contributed by atoms with Gasteiger partial charge in [0.15, 0.2) is 6.79 Å². The van der Waals surface area contributed by atoms with Gasteiger partial charge >= 0.3 is 0 Å². The lowest BCUT2D eigenvalue weighted by molar-refractivity contribution is 0.00920. The van der Waals surface area contributed by atoms with Gasteiger partial charge < -0.3 is 14.8 Å². The van der Waals surface area contributed by atoms with E-state index in [-0.39, 0.29) is 18.7 Å². The minimum absolute atomic E-state index is 0.0548. The van der Waals surface area contributed by atoms with E-state index in [0.29, 0.717) is 5.75 Å². The monoisotopic (exact) mass is 267 g/mol. The summed E-state index contributed by atoms with van der Waals surface area (Å²) in [6.07, 6.45) is 2.53. The van der Waals surface area contributed by atoms with Gasteiger partial charge in [0.05, 0.1) is 6.61 Å². The highest BCUT2D eigenvalue weighted by Gasteiger charge is 2.21. The highest BCUT2D eigenvalue weighted by atomic mass is 19.1.